The minimum absolute atomic E-state index is 0.0379. The van der Waals surface area contributed by atoms with Gasteiger partial charge in [-0.05, 0) is 36.6 Å². The molecule has 6 heteroatoms. The van der Waals surface area contributed by atoms with E-state index in [1.54, 1.807) is 4.90 Å². The lowest BCUT2D eigenvalue weighted by Crippen LogP contribution is -2.36. The van der Waals surface area contributed by atoms with Gasteiger partial charge in [0.15, 0.2) is 5.43 Å². The molecular weight excluding hydrogens is 361 g/mol. The van der Waals surface area contributed by atoms with Crippen LogP contribution in [0.2, 0.25) is 0 Å². The molecule has 2 aromatic carbocycles. The van der Waals surface area contributed by atoms with Gasteiger partial charge in [0.1, 0.15) is 11.4 Å². The van der Waals surface area contributed by atoms with Gasteiger partial charge in [-0.15, -0.1) is 0 Å². The van der Waals surface area contributed by atoms with Crippen LogP contribution in [0.4, 0.5) is 4.39 Å². The molecular formula is C22H18FNO4. The molecule has 0 saturated carbocycles. The second-order valence-corrected chi connectivity index (χ2v) is 7.22. The molecule has 3 heterocycles. The second kappa shape index (κ2) is 6.56. The highest BCUT2D eigenvalue weighted by atomic mass is 19.1. The van der Waals surface area contributed by atoms with Crippen molar-refractivity contribution in [2.24, 2.45) is 0 Å². The van der Waals surface area contributed by atoms with E-state index in [0.717, 1.165) is 24.5 Å². The highest BCUT2D eigenvalue weighted by Crippen LogP contribution is 2.38. The molecule has 5 rings (SSSR count). The SMILES string of the molecule is O=C1c2oc3ccc(F)cc3c(=O)c2[C@H](c2ccccc2)N1C[C@@H]1CCCO1. The Morgan fingerprint density at radius 1 is 1.11 bits per heavy atom. The molecule has 1 amide bonds. The van der Waals surface area contributed by atoms with E-state index in [9.17, 15) is 14.0 Å². The van der Waals surface area contributed by atoms with E-state index in [2.05, 4.69) is 0 Å². The van der Waals surface area contributed by atoms with Crippen LogP contribution < -0.4 is 5.43 Å². The van der Waals surface area contributed by atoms with E-state index < -0.39 is 11.9 Å². The van der Waals surface area contributed by atoms with Gasteiger partial charge in [0.05, 0.1) is 23.1 Å². The zero-order valence-corrected chi connectivity index (χ0v) is 15.1. The third-order valence-corrected chi connectivity index (χ3v) is 5.47. The number of halogens is 1. The summed E-state index contributed by atoms with van der Waals surface area (Å²) in [5, 5.41) is 0.145. The summed E-state index contributed by atoms with van der Waals surface area (Å²) in [7, 11) is 0. The highest BCUT2D eigenvalue weighted by Gasteiger charge is 2.43. The Kier molecular flexibility index (Phi) is 4.02. The van der Waals surface area contributed by atoms with Crippen molar-refractivity contribution in [1.82, 2.24) is 4.90 Å². The predicted molar refractivity (Wildman–Crippen MR) is 101 cm³/mol. The quantitative estimate of drug-likeness (QED) is 0.697. The maximum atomic E-state index is 13.7. The second-order valence-electron chi connectivity index (χ2n) is 7.22. The zero-order valence-electron chi connectivity index (χ0n) is 15.1. The molecule has 0 unspecified atom stereocenters. The van der Waals surface area contributed by atoms with Gasteiger partial charge < -0.3 is 14.1 Å². The molecule has 28 heavy (non-hydrogen) atoms. The lowest BCUT2D eigenvalue weighted by molar-refractivity contribution is 0.0486. The Bertz CT molecular complexity index is 1120. The fourth-order valence-corrected chi connectivity index (χ4v) is 4.17. The normalized spacial score (nSPS) is 21.5. The summed E-state index contributed by atoms with van der Waals surface area (Å²) in [5.74, 6) is -0.810. The number of nitrogens with zero attached hydrogens (tertiary/aromatic N) is 1. The van der Waals surface area contributed by atoms with Crippen LogP contribution in [-0.4, -0.2) is 30.1 Å². The van der Waals surface area contributed by atoms with E-state index in [0.29, 0.717) is 13.2 Å². The number of amides is 1. The maximum Gasteiger partial charge on any atom is 0.291 e. The summed E-state index contributed by atoms with van der Waals surface area (Å²) in [6.45, 7) is 1.06. The van der Waals surface area contributed by atoms with Crippen molar-refractivity contribution >= 4 is 16.9 Å². The van der Waals surface area contributed by atoms with Crippen molar-refractivity contribution in [2.45, 2.75) is 25.0 Å². The number of hydrogen-bond acceptors (Lipinski definition) is 4. The Hall–Kier alpha value is -2.99. The number of hydrogen-bond donors (Lipinski definition) is 0. The Morgan fingerprint density at radius 2 is 1.93 bits per heavy atom. The lowest BCUT2D eigenvalue weighted by Gasteiger charge is -2.27. The third-order valence-electron chi connectivity index (χ3n) is 5.47. The summed E-state index contributed by atoms with van der Waals surface area (Å²) < 4.78 is 25.3. The summed E-state index contributed by atoms with van der Waals surface area (Å²) >= 11 is 0. The van der Waals surface area contributed by atoms with Gasteiger partial charge in [0, 0.05) is 13.2 Å². The maximum absolute atomic E-state index is 13.7. The third kappa shape index (κ3) is 2.64. The van der Waals surface area contributed by atoms with Crippen LogP contribution in [0.1, 0.15) is 40.6 Å². The number of carbonyl (C=O) groups is 1. The number of rotatable bonds is 3. The molecule has 0 N–H and O–H groups in total. The topological polar surface area (TPSA) is 59.8 Å². The molecule has 1 saturated heterocycles. The first-order chi connectivity index (χ1) is 13.6. The van der Waals surface area contributed by atoms with E-state index in [-0.39, 0.29) is 39.7 Å². The van der Waals surface area contributed by atoms with Crippen LogP contribution >= 0.6 is 0 Å². The Labute approximate surface area is 160 Å². The van der Waals surface area contributed by atoms with Crippen LogP contribution in [0.25, 0.3) is 11.0 Å². The monoisotopic (exact) mass is 379 g/mol. The zero-order chi connectivity index (χ0) is 19.3. The first-order valence-corrected chi connectivity index (χ1v) is 9.37. The van der Waals surface area contributed by atoms with Crippen LogP contribution in [0.5, 0.6) is 0 Å². The van der Waals surface area contributed by atoms with Crippen LogP contribution in [0.15, 0.2) is 57.7 Å². The minimum atomic E-state index is -0.572. The van der Waals surface area contributed by atoms with E-state index >= 15 is 0 Å². The van der Waals surface area contributed by atoms with Crippen LogP contribution in [-0.2, 0) is 4.74 Å². The van der Waals surface area contributed by atoms with Gasteiger partial charge in [-0.2, -0.15) is 0 Å². The molecule has 1 fully saturated rings. The van der Waals surface area contributed by atoms with Crippen molar-refractivity contribution in [3.63, 3.8) is 0 Å². The van der Waals surface area contributed by atoms with Crippen molar-refractivity contribution in [3.8, 4) is 0 Å². The molecule has 2 atom stereocenters. The van der Waals surface area contributed by atoms with Gasteiger partial charge in [-0.1, -0.05) is 30.3 Å². The van der Waals surface area contributed by atoms with Crippen molar-refractivity contribution in [1.29, 1.82) is 0 Å². The molecule has 0 radical (unpaired) electrons. The molecule has 0 spiro atoms. The molecule has 2 aliphatic rings. The minimum Gasteiger partial charge on any atom is -0.450 e. The van der Waals surface area contributed by atoms with Gasteiger partial charge in [0.25, 0.3) is 5.91 Å². The van der Waals surface area contributed by atoms with Gasteiger partial charge in [-0.3, -0.25) is 9.59 Å². The van der Waals surface area contributed by atoms with Crippen LogP contribution in [0, 0.1) is 5.82 Å². The molecule has 3 aromatic rings. The fraction of sp³-hybridized carbons (Fsp3) is 0.273. The predicted octanol–water partition coefficient (Wildman–Crippen LogP) is 3.66. The molecule has 142 valence electrons. The molecule has 1 aromatic heterocycles. The summed E-state index contributed by atoms with van der Waals surface area (Å²) in [4.78, 5) is 28.1. The first kappa shape index (κ1) is 17.1. The van der Waals surface area contributed by atoms with Crippen molar-refractivity contribution in [2.75, 3.05) is 13.2 Å². The average Bonchev–Trinajstić information content (AvgIpc) is 3.31. The Morgan fingerprint density at radius 3 is 2.68 bits per heavy atom. The lowest BCUT2D eigenvalue weighted by atomic mass is 9.98. The average molecular weight is 379 g/mol. The highest BCUT2D eigenvalue weighted by molar-refractivity contribution is 5.99. The molecule has 2 aliphatic heterocycles. The number of ether oxygens (including phenoxy) is 1. The largest absolute Gasteiger partial charge is 0.450 e. The smallest absolute Gasteiger partial charge is 0.291 e. The summed E-state index contributed by atoms with van der Waals surface area (Å²) in [6.07, 6.45) is 1.76. The molecule has 5 nitrogen and oxygen atoms in total. The first-order valence-electron chi connectivity index (χ1n) is 9.37. The van der Waals surface area contributed by atoms with Gasteiger partial charge in [-0.25, -0.2) is 4.39 Å². The van der Waals surface area contributed by atoms with E-state index in [1.807, 2.05) is 30.3 Å². The Balaban J connectivity index is 1.71. The van der Waals surface area contributed by atoms with Gasteiger partial charge in [0.2, 0.25) is 5.76 Å². The van der Waals surface area contributed by atoms with Gasteiger partial charge >= 0.3 is 0 Å². The van der Waals surface area contributed by atoms with Crippen molar-refractivity contribution in [3.05, 3.63) is 81.5 Å². The fourth-order valence-electron chi connectivity index (χ4n) is 4.17. The number of carbonyl (C=O) groups excluding carboxylic acids is 1. The van der Waals surface area contributed by atoms with Crippen molar-refractivity contribution < 1.29 is 18.3 Å². The molecule has 0 bridgehead atoms. The number of benzene rings is 2. The summed E-state index contributed by atoms with van der Waals surface area (Å²) in [6, 6.07) is 12.6. The van der Waals surface area contributed by atoms with E-state index in [4.69, 9.17) is 9.15 Å². The number of fused-ring (bicyclic) bond motifs is 2. The van der Waals surface area contributed by atoms with E-state index in [1.165, 1.54) is 12.1 Å². The standard InChI is InChI=1S/C22H18FNO4/c23-14-8-9-17-16(11-14)20(25)18-19(13-5-2-1-3-6-13)24(22(26)21(18)28-17)12-15-7-4-10-27-15/h1-3,5-6,8-9,11,15,19H,4,7,10,12H2/t15-,19-/m0/s1. The van der Waals surface area contributed by atoms with Crippen LogP contribution in [0.3, 0.4) is 0 Å². The summed E-state index contributed by atoms with van der Waals surface area (Å²) in [5.41, 5.74) is 0.931. The molecule has 0 aliphatic carbocycles.